The van der Waals surface area contributed by atoms with E-state index in [0.29, 0.717) is 22.0 Å². The lowest BCUT2D eigenvalue weighted by atomic mass is 10.1. The van der Waals surface area contributed by atoms with E-state index in [-0.39, 0.29) is 22.8 Å². The summed E-state index contributed by atoms with van der Waals surface area (Å²) in [5, 5.41) is 8.53. The topological polar surface area (TPSA) is 87.3 Å². The summed E-state index contributed by atoms with van der Waals surface area (Å²) in [5.74, 6) is -1.02. The monoisotopic (exact) mass is 569 g/mol. The number of halogens is 1. The number of carbonyl (C=O) groups is 3. The maximum atomic E-state index is 13.2. The van der Waals surface area contributed by atoms with E-state index >= 15 is 0 Å². The normalized spacial score (nSPS) is 11.8. The summed E-state index contributed by atoms with van der Waals surface area (Å²) in [6.07, 6.45) is 1.64. The van der Waals surface area contributed by atoms with Gasteiger partial charge in [-0.2, -0.15) is 0 Å². The third-order valence-corrected chi connectivity index (χ3v) is 7.28. The molecular formula is C32H28ClN3O3S. The standard InChI is InChI=1S/C32H28ClN3O3S/c1-21-12-14-23(15-13-21)20-29(36-31(38)24-8-4-3-5-9-24)32(39)34-25-16-18-26(19-17-25)40-22(2)30(37)35-28-11-7-6-10-27(28)33/h3-20,22H,1-2H3,(H,34,39)(H,35,37)(H,36,38)/b29-20-. The highest BCUT2D eigenvalue weighted by atomic mass is 35.5. The number of hydrogen-bond acceptors (Lipinski definition) is 4. The molecule has 8 heteroatoms. The van der Waals surface area contributed by atoms with Gasteiger partial charge in [0.05, 0.1) is 16.0 Å². The third kappa shape index (κ3) is 8.09. The molecule has 0 bridgehead atoms. The van der Waals surface area contributed by atoms with E-state index in [1.807, 2.05) is 56.3 Å². The highest BCUT2D eigenvalue weighted by Gasteiger charge is 2.17. The number of anilines is 2. The summed E-state index contributed by atoms with van der Waals surface area (Å²) in [6, 6.07) is 30.6. The van der Waals surface area contributed by atoms with Gasteiger partial charge in [-0.1, -0.05) is 71.8 Å². The van der Waals surface area contributed by atoms with Crippen LogP contribution in [-0.2, 0) is 9.59 Å². The van der Waals surface area contributed by atoms with Gasteiger partial charge in [0, 0.05) is 16.1 Å². The van der Waals surface area contributed by atoms with E-state index in [1.54, 1.807) is 66.7 Å². The van der Waals surface area contributed by atoms with Crippen LogP contribution in [0.3, 0.4) is 0 Å². The van der Waals surface area contributed by atoms with Gasteiger partial charge in [0.1, 0.15) is 5.70 Å². The van der Waals surface area contributed by atoms with Crippen LogP contribution in [0.2, 0.25) is 5.02 Å². The Morgan fingerprint density at radius 3 is 2.12 bits per heavy atom. The van der Waals surface area contributed by atoms with Crippen LogP contribution in [0.5, 0.6) is 0 Å². The average molecular weight is 570 g/mol. The quantitative estimate of drug-likeness (QED) is 0.147. The van der Waals surface area contributed by atoms with Gasteiger partial charge in [0.25, 0.3) is 11.8 Å². The molecule has 4 aromatic rings. The van der Waals surface area contributed by atoms with E-state index in [9.17, 15) is 14.4 Å². The van der Waals surface area contributed by atoms with E-state index < -0.39 is 5.91 Å². The first-order chi connectivity index (χ1) is 19.3. The van der Waals surface area contributed by atoms with Crippen LogP contribution < -0.4 is 16.0 Å². The largest absolute Gasteiger partial charge is 0.324 e. The van der Waals surface area contributed by atoms with Crippen molar-refractivity contribution in [3.63, 3.8) is 0 Å². The van der Waals surface area contributed by atoms with Gasteiger partial charge in [0.15, 0.2) is 0 Å². The second-order valence-electron chi connectivity index (χ2n) is 9.00. The van der Waals surface area contributed by atoms with Gasteiger partial charge in [0.2, 0.25) is 5.91 Å². The molecule has 4 aromatic carbocycles. The molecule has 4 rings (SSSR count). The number of rotatable bonds is 9. The average Bonchev–Trinajstić information content (AvgIpc) is 2.96. The van der Waals surface area contributed by atoms with Crippen LogP contribution in [-0.4, -0.2) is 23.0 Å². The molecule has 0 saturated heterocycles. The maximum Gasteiger partial charge on any atom is 0.272 e. The molecule has 1 unspecified atom stereocenters. The molecule has 0 aromatic heterocycles. The molecule has 6 nitrogen and oxygen atoms in total. The second-order valence-corrected chi connectivity index (χ2v) is 10.8. The molecule has 40 heavy (non-hydrogen) atoms. The molecule has 0 heterocycles. The molecule has 0 spiro atoms. The fourth-order valence-electron chi connectivity index (χ4n) is 3.64. The molecule has 3 amide bonds. The zero-order valence-electron chi connectivity index (χ0n) is 22.0. The van der Waals surface area contributed by atoms with E-state index in [2.05, 4.69) is 16.0 Å². The van der Waals surface area contributed by atoms with Gasteiger partial charge in [-0.15, -0.1) is 11.8 Å². The molecule has 0 aliphatic rings. The van der Waals surface area contributed by atoms with Gasteiger partial charge in [-0.05, 0) is 74.0 Å². The van der Waals surface area contributed by atoms with Crippen molar-refractivity contribution in [2.45, 2.75) is 24.0 Å². The fraction of sp³-hybridized carbons (Fsp3) is 0.0938. The molecule has 0 radical (unpaired) electrons. The second kappa shape index (κ2) is 13.6. The highest BCUT2D eigenvalue weighted by molar-refractivity contribution is 8.00. The number of hydrogen-bond donors (Lipinski definition) is 3. The van der Waals surface area contributed by atoms with Crippen LogP contribution >= 0.6 is 23.4 Å². The molecule has 3 N–H and O–H groups in total. The van der Waals surface area contributed by atoms with Gasteiger partial charge in [-0.3, -0.25) is 14.4 Å². The smallest absolute Gasteiger partial charge is 0.272 e. The fourth-order valence-corrected chi connectivity index (χ4v) is 4.69. The van der Waals surface area contributed by atoms with Crippen LogP contribution in [0.4, 0.5) is 11.4 Å². The maximum absolute atomic E-state index is 13.2. The van der Waals surface area contributed by atoms with Crippen molar-refractivity contribution in [1.29, 1.82) is 0 Å². The lowest BCUT2D eigenvalue weighted by molar-refractivity contribution is -0.115. The van der Waals surface area contributed by atoms with Crippen molar-refractivity contribution in [2.24, 2.45) is 0 Å². The number of amides is 3. The van der Waals surface area contributed by atoms with Gasteiger partial charge in [-0.25, -0.2) is 0 Å². The number of thioether (sulfide) groups is 1. The number of nitrogens with one attached hydrogen (secondary N) is 3. The Labute approximate surface area is 242 Å². The zero-order chi connectivity index (χ0) is 28.5. The van der Waals surface area contributed by atoms with Crippen molar-refractivity contribution in [3.05, 3.63) is 131 Å². The van der Waals surface area contributed by atoms with Crippen molar-refractivity contribution >= 4 is 58.5 Å². The van der Waals surface area contributed by atoms with Crippen molar-refractivity contribution in [3.8, 4) is 0 Å². The van der Waals surface area contributed by atoms with Crippen LogP contribution in [0.15, 0.2) is 114 Å². The minimum Gasteiger partial charge on any atom is -0.324 e. The Morgan fingerprint density at radius 1 is 0.800 bits per heavy atom. The summed E-state index contributed by atoms with van der Waals surface area (Å²) in [4.78, 5) is 39.5. The Balaban J connectivity index is 1.43. The van der Waals surface area contributed by atoms with Crippen molar-refractivity contribution < 1.29 is 14.4 Å². The number of para-hydroxylation sites is 1. The Hall–Kier alpha value is -4.33. The lowest BCUT2D eigenvalue weighted by Gasteiger charge is -2.14. The van der Waals surface area contributed by atoms with E-state index in [0.717, 1.165) is 16.0 Å². The first-order valence-corrected chi connectivity index (χ1v) is 13.8. The summed E-state index contributed by atoms with van der Waals surface area (Å²) >= 11 is 7.53. The Morgan fingerprint density at radius 2 is 1.45 bits per heavy atom. The minimum atomic E-state index is -0.460. The Kier molecular flexibility index (Phi) is 9.78. The SMILES string of the molecule is Cc1ccc(/C=C(\NC(=O)c2ccccc2)C(=O)Nc2ccc(SC(C)C(=O)Nc3ccccc3Cl)cc2)cc1. The third-order valence-electron chi connectivity index (χ3n) is 5.84. The highest BCUT2D eigenvalue weighted by Crippen LogP contribution is 2.27. The molecule has 0 saturated carbocycles. The van der Waals surface area contributed by atoms with Crippen LogP contribution in [0, 0.1) is 6.92 Å². The number of benzene rings is 4. The molecule has 0 aliphatic heterocycles. The first kappa shape index (κ1) is 28.7. The number of carbonyl (C=O) groups excluding carboxylic acids is 3. The van der Waals surface area contributed by atoms with Gasteiger partial charge < -0.3 is 16.0 Å². The summed E-state index contributed by atoms with van der Waals surface area (Å²) < 4.78 is 0. The Bertz CT molecular complexity index is 1520. The molecule has 0 fully saturated rings. The van der Waals surface area contributed by atoms with Crippen LogP contribution in [0.1, 0.15) is 28.4 Å². The van der Waals surface area contributed by atoms with E-state index in [1.165, 1.54) is 11.8 Å². The molecular weight excluding hydrogens is 542 g/mol. The molecule has 1 atom stereocenters. The van der Waals surface area contributed by atoms with E-state index in [4.69, 9.17) is 11.6 Å². The first-order valence-electron chi connectivity index (χ1n) is 12.6. The number of aryl methyl sites for hydroxylation is 1. The van der Waals surface area contributed by atoms with Gasteiger partial charge >= 0.3 is 0 Å². The molecule has 0 aliphatic carbocycles. The van der Waals surface area contributed by atoms with Crippen molar-refractivity contribution in [2.75, 3.05) is 10.6 Å². The predicted molar refractivity (Wildman–Crippen MR) is 164 cm³/mol. The summed E-state index contributed by atoms with van der Waals surface area (Å²) in [7, 11) is 0. The zero-order valence-corrected chi connectivity index (χ0v) is 23.6. The van der Waals surface area contributed by atoms with Crippen molar-refractivity contribution in [1.82, 2.24) is 5.32 Å². The van der Waals surface area contributed by atoms with Crippen LogP contribution in [0.25, 0.3) is 6.08 Å². The summed E-state index contributed by atoms with van der Waals surface area (Å²) in [5.41, 5.74) is 3.53. The summed E-state index contributed by atoms with van der Waals surface area (Å²) in [6.45, 7) is 3.79. The molecule has 202 valence electrons. The minimum absolute atomic E-state index is 0.112. The lowest BCUT2D eigenvalue weighted by Crippen LogP contribution is -2.30. The predicted octanol–water partition coefficient (Wildman–Crippen LogP) is 7.18.